The molecule has 0 amide bonds. The van der Waals surface area contributed by atoms with Gasteiger partial charge in [-0.3, -0.25) is 0 Å². The van der Waals surface area contributed by atoms with Crippen molar-refractivity contribution < 1.29 is 13.2 Å². The second kappa shape index (κ2) is 7.88. The zero-order chi connectivity index (χ0) is 22.5. The highest BCUT2D eigenvalue weighted by Gasteiger charge is 2.26. The molecule has 3 aromatic carbocycles. The number of hydrogen-bond donors (Lipinski definition) is 1. The van der Waals surface area contributed by atoms with Gasteiger partial charge < -0.3 is 15.4 Å². The molecule has 7 nitrogen and oxygen atoms in total. The molecule has 0 saturated carbocycles. The third-order valence-electron chi connectivity index (χ3n) is 6.20. The lowest BCUT2D eigenvalue weighted by Gasteiger charge is -2.26. The average Bonchev–Trinajstić information content (AvgIpc) is 3.13. The molecule has 1 fully saturated rings. The van der Waals surface area contributed by atoms with Crippen molar-refractivity contribution in [2.75, 3.05) is 38.3 Å². The van der Waals surface area contributed by atoms with Crippen molar-refractivity contribution in [1.82, 2.24) is 4.31 Å². The molecule has 1 saturated heterocycles. The second-order valence-electron chi connectivity index (χ2n) is 8.30. The first-order valence-electron chi connectivity index (χ1n) is 10.6. The van der Waals surface area contributed by atoms with Gasteiger partial charge in [-0.25, -0.2) is 13.4 Å². The van der Waals surface area contributed by atoms with Crippen LogP contribution in [-0.4, -0.2) is 51.9 Å². The van der Waals surface area contributed by atoms with Gasteiger partial charge >= 0.3 is 0 Å². The molecule has 0 atom stereocenters. The van der Waals surface area contributed by atoms with E-state index >= 15 is 0 Å². The summed E-state index contributed by atoms with van der Waals surface area (Å²) in [6, 6.07) is 15.4. The number of sulfonamides is 1. The molecule has 0 unspecified atom stereocenters. The van der Waals surface area contributed by atoms with E-state index in [0.29, 0.717) is 43.6 Å². The number of anilines is 1. The maximum atomic E-state index is 12.9. The number of aryl methyl sites for hydroxylation is 1. The lowest BCUT2D eigenvalue weighted by Crippen LogP contribution is -2.40. The van der Waals surface area contributed by atoms with Crippen molar-refractivity contribution in [3.8, 4) is 0 Å². The fourth-order valence-corrected chi connectivity index (χ4v) is 5.91. The number of rotatable bonds is 5. The van der Waals surface area contributed by atoms with Crippen molar-refractivity contribution >= 4 is 38.0 Å². The molecule has 0 aliphatic carbocycles. The number of benzene rings is 3. The molecule has 0 bridgehead atoms. The molecule has 2 heterocycles. The number of morpholine rings is 1. The van der Waals surface area contributed by atoms with E-state index in [1.807, 2.05) is 31.3 Å². The Kier molecular flexibility index (Phi) is 5.16. The summed E-state index contributed by atoms with van der Waals surface area (Å²) in [5.41, 5.74) is 11.3. The van der Waals surface area contributed by atoms with Gasteiger partial charge in [0.2, 0.25) is 10.0 Å². The van der Waals surface area contributed by atoms with E-state index in [9.17, 15) is 8.42 Å². The van der Waals surface area contributed by atoms with Crippen LogP contribution >= 0.6 is 0 Å². The van der Waals surface area contributed by atoms with E-state index in [4.69, 9.17) is 10.5 Å². The maximum absolute atomic E-state index is 12.9. The maximum Gasteiger partial charge on any atom is 0.243 e. The van der Waals surface area contributed by atoms with E-state index in [2.05, 4.69) is 28.9 Å². The Morgan fingerprint density at radius 2 is 1.75 bits per heavy atom. The quantitative estimate of drug-likeness (QED) is 0.645. The van der Waals surface area contributed by atoms with Crippen LogP contribution in [0.2, 0.25) is 0 Å². The topological polar surface area (TPSA) is 88.2 Å². The van der Waals surface area contributed by atoms with Crippen LogP contribution in [0.25, 0.3) is 10.8 Å². The first kappa shape index (κ1) is 20.9. The zero-order valence-electron chi connectivity index (χ0n) is 18.2. The smallest absolute Gasteiger partial charge is 0.243 e. The minimum Gasteiger partial charge on any atom is -0.383 e. The Labute approximate surface area is 188 Å². The van der Waals surface area contributed by atoms with E-state index in [-0.39, 0.29) is 0 Å². The standard InChI is InChI=1S/C24H26N4O3S/c1-16-3-8-19-23-20(26-24(19)25)9-10-21(22(16)23)27(2)15-17-4-6-18(7-5-17)32(29,30)28-11-13-31-14-12-28/h3-10H,11-15H2,1-2H3,(H2,25,26). The molecule has 3 aromatic rings. The third kappa shape index (κ3) is 3.44. The Bertz CT molecular complexity index is 1330. The summed E-state index contributed by atoms with van der Waals surface area (Å²) in [6.45, 7) is 4.41. The van der Waals surface area contributed by atoms with Gasteiger partial charge in [0.15, 0.2) is 0 Å². The highest BCUT2D eigenvalue weighted by atomic mass is 32.2. The van der Waals surface area contributed by atoms with Crippen molar-refractivity contribution in [3.05, 3.63) is 65.2 Å². The molecular weight excluding hydrogens is 424 g/mol. The summed E-state index contributed by atoms with van der Waals surface area (Å²) in [6.07, 6.45) is 0. The fraction of sp³-hybridized carbons (Fsp3) is 0.292. The van der Waals surface area contributed by atoms with Crippen molar-refractivity contribution in [2.24, 2.45) is 10.7 Å². The lowest BCUT2D eigenvalue weighted by molar-refractivity contribution is 0.0730. The van der Waals surface area contributed by atoms with Gasteiger partial charge in [0.05, 0.1) is 23.8 Å². The molecular formula is C24H26N4O3S. The van der Waals surface area contributed by atoms with Crippen LogP contribution in [0.15, 0.2) is 58.4 Å². The number of hydrogen-bond acceptors (Lipinski definition) is 6. The number of amidine groups is 1. The average molecular weight is 451 g/mol. The predicted octanol–water partition coefficient (Wildman–Crippen LogP) is 3.16. The molecule has 0 spiro atoms. The Balaban J connectivity index is 1.41. The van der Waals surface area contributed by atoms with Crippen LogP contribution < -0.4 is 10.6 Å². The highest BCUT2D eigenvalue weighted by Crippen LogP contribution is 2.41. The highest BCUT2D eigenvalue weighted by molar-refractivity contribution is 7.89. The molecule has 5 rings (SSSR count). The summed E-state index contributed by atoms with van der Waals surface area (Å²) < 4.78 is 32.5. The largest absolute Gasteiger partial charge is 0.383 e. The van der Waals surface area contributed by atoms with Gasteiger partial charge in [-0.05, 0) is 42.3 Å². The summed E-state index contributed by atoms with van der Waals surface area (Å²) in [7, 11) is -1.44. The Morgan fingerprint density at radius 3 is 2.47 bits per heavy atom. The van der Waals surface area contributed by atoms with Gasteiger partial charge in [0.25, 0.3) is 0 Å². The first-order chi connectivity index (χ1) is 15.4. The SMILES string of the molecule is Cc1ccc2c3c(ccc(N(C)Cc4ccc(S(=O)(=O)N5CCOCC5)cc4)c13)N=C2N. The van der Waals surface area contributed by atoms with E-state index in [0.717, 1.165) is 33.3 Å². The summed E-state index contributed by atoms with van der Waals surface area (Å²) >= 11 is 0. The number of ether oxygens (including phenoxy) is 1. The second-order valence-corrected chi connectivity index (χ2v) is 10.2. The Hall–Kier alpha value is -2.94. The van der Waals surface area contributed by atoms with E-state index in [1.165, 1.54) is 9.87 Å². The minimum atomic E-state index is -3.49. The Morgan fingerprint density at radius 1 is 1.03 bits per heavy atom. The summed E-state index contributed by atoms with van der Waals surface area (Å²) in [5.74, 6) is 0.557. The van der Waals surface area contributed by atoms with Crippen LogP contribution in [0.4, 0.5) is 11.4 Å². The first-order valence-corrected chi connectivity index (χ1v) is 12.1. The zero-order valence-corrected chi connectivity index (χ0v) is 19.0. The van der Waals surface area contributed by atoms with E-state index in [1.54, 1.807) is 12.1 Å². The molecule has 2 aliphatic rings. The van der Waals surface area contributed by atoms with Crippen LogP contribution in [0.3, 0.4) is 0 Å². The van der Waals surface area contributed by atoms with Crippen LogP contribution in [0.5, 0.6) is 0 Å². The van der Waals surface area contributed by atoms with Crippen molar-refractivity contribution in [2.45, 2.75) is 18.4 Å². The monoisotopic (exact) mass is 450 g/mol. The summed E-state index contributed by atoms with van der Waals surface area (Å²) in [4.78, 5) is 7.00. The third-order valence-corrected chi connectivity index (χ3v) is 8.12. The minimum absolute atomic E-state index is 0.319. The van der Waals surface area contributed by atoms with Crippen molar-refractivity contribution in [3.63, 3.8) is 0 Å². The molecule has 2 aliphatic heterocycles. The normalized spacial score (nSPS) is 16.4. The van der Waals surface area contributed by atoms with Crippen LogP contribution in [0.1, 0.15) is 16.7 Å². The van der Waals surface area contributed by atoms with Gasteiger partial charge in [-0.1, -0.05) is 24.3 Å². The molecule has 0 aromatic heterocycles. The molecule has 8 heteroatoms. The van der Waals surface area contributed by atoms with Gasteiger partial charge in [-0.15, -0.1) is 0 Å². The van der Waals surface area contributed by atoms with Gasteiger partial charge in [-0.2, -0.15) is 4.31 Å². The van der Waals surface area contributed by atoms with Crippen molar-refractivity contribution in [1.29, 1.82) is 0 Å². The molecule has 166 valence electrons. The number of aliphatic imine (C=N–C) groups is 1. The fourth-order valence-electron chi connectivity index (χ4n) is 4.50. The number of nitrogens with zero attached hydrogens (tertiary/aromatic N) is 3. The van der Waals surface area contributed by atoms with Crippen LogP contribution in [0, 0.1) is 6.92 Å². The number of nitrogens with two attached hydrogens (primary N) is 1. The summed E-state index contributed by atoms with van der Waals surface area (Å²) in [5, 5.41) is 2.25. The van der Waals surface area contributed by atoms with Gasteiger partial charge in [0, 0.05) is 48.7 Å². The molecule has 32 heavy (non-hydrogen) atoms. The molecule has 0 radical (unpaired) electrons. The molecule has 2 N–H and O–H groups in total. The van der Waals surface area contributed by atoms with Crippen LogP contribution in [-0.2, 0) is 21.3 Å². The predicted molar refractivity (Wildman–Crippen MR) is 127 cm³/mol. The lowest BCUT2D eigenvalue weighted by atomic mass is 9.98. The van der Waals surface area contributed by atoms with Gasteiger partial charge in [0.1, 0.15) is 5.84 Å². The van der Waals surface area contributed by atoms with E-state index < -0.39 is 10.0 Å².